The molecule has 1 aromatic rings. The quantitative estimate of drug-likeness (QED) is 0.260. The number of aliphatic hydroxyl groups excluding tert-OH is 3. The molecular weight excluding hydrogens is 508 g/mol. The van der Waals surface area contributed by atoms with Gasteiger partial charge in [0, 0.05) is 25.2 Å². The van der Waals surface area contributed by atoms with Crippen molar-refractivity contribution in [3.63, 3.8) is 0 Å². The van der Waals surface area contributed by atoms with Gasteiger partial charge >= 0.3 is 0 Å². The van der Waals surface area contributed by atoms with Crippen molar-refractivity contribution >= 4 is 11.6 Å². The van der Waals surface area contributed by atoms with Crippen LogP contribution in [0.25, 0.3) is 0 Å². The maximum atomic E-state index is 13.7. The molecule has 0 heterocycles. The molecule has 0 radical (unpaired) electrons. The van der Waals surface area contributed by atoms with Crippen LogP contribution >= 0.6 is 0 Å². The number of carbonyl (C=O) groups is 2. The van der Waals surface area contributed by atoms with E-state index in [1.54, 1.807) is 12.1 Å². The van der Waals surface area contributed by atoms with Gasteiger partial charge in [-0.05, 0) is 87.0 Å². The van der Waals surface area contributed by atoms with Crippen LogP contribution < -0.4 is 4.74 Å². The molecule has 1 spiro atoms. The number of ether oxygens (including phenoxy) is 1. The fraction of sp³-hybridized carbons (Fsp3) is 0.697. The van der Waals surface area contributed by atoms with Gasteiger partial charge in [0.2, 0.25) is 0 Å². The smallest absolute Gasteiger partial charge is 0.160 e. The number of unbranched alkanes of at least 4 members (excludes halogenated alkanes) is 1. The summed E-state index contributed by atoms with van der Waals surface area (Å²) in [6.07, 6.45) is 7.72. The highest BCUT2D eigenvalue weighted by molar-refractivity contribution is 5.89. The zero-order valence-corrected chi connectivity index (χ0v) is 24.0. The van der Waals surface area contributed by atoms with E-state index in [9.17, 15) is 30.0 Å². The standard InChI is InChI=1S/C33H46O7/c1-21(34)28(36)18-25-14-16-33(31(38)12-9-24-19-30(40-2)29(37)20-27(24)25)15-13-23(17-32(33)39)6-4-3-5-22-7-10-26(35)11-8-22/h19-23,25,28,32,34,36-37,39H,3-13,15,17-18H2,1-2H3. The van der Waals surface area contributed by atoms with Crippen molar-refractivity contribution in [1.82, 2.24) is 0 Å². The number of aryl methyl sites for hydroxylation is 1. The molecule has 1 aromatic carbocycles. The number of carbonyl (C=O) groups excluding carboxylic acids is 2. The summed E-state index contributed by atoms with van der Waals surface area (Å²) >= 11 is 0. The molecule has 0 amide bonds. The van der Waals surface area contributed by atoms with Crippen LogP contribution in [0, 0.1) is 29.1 Å². The minimum atomic E-state index is -1.15. The van der Waals surface area contributed by atoms with E-state index in [4.69, 9.17) is 4.74 Å². The molecule has 40 heavy (non-hydrogen) atoms. The summed E-state index contributed by atoms with van der Waals surface area (Å²) in [6.45, 7) is 1.52. The molecule has 0 saturated heterocycles. The van der Waals surface area contributed by atoms with Crippen LogP contribution in [0.5, 0.6) is 11.5 Å². The van der Waals surface area contributed by atoms with Crippen LogP contribution in [0.3, 0.4) is 0 Å². The second kappa shape index (κ2) is 13.5. The first kappa shape index (κ1) is 30.6. The summed E-state index contributed by atoms with van der Waals surface area (Å²) in [5.74, 6) is 7.51. The fourth-order valence-electron chi connectivity index (χ4n) is 6.91. The van der Waals surface area contributed by atoms with E-state index in [1.165, 1.54) is 14.0 Å². The molecule has 7 heteroatoms. The maximum absolute atomic E-state index is 13.7. The number of phenols is 1. The SMILES string of the molecule is COc1cc2c(cc1O)C(CC(O)C(C)O)C#CC1(CCC(CCCCC3CCC(=O)CC3)CC1O)C(=O)CC2. The van der Waals surface area contributed by atoms with Crippen molar-refractivity contribution in [2.24, 2.45) is 17.3 Å². The number of methoxy groups -OCH3 is 1. The number of hydrogen-bond donors (Lipinski definition) is 4. The van der Waals surface area contributed by atoms with E-state index in [-0.39, 0.29) is 24.4 Å². The molecule has 220 valence electrons. The van der Waals surface area contributed by atoms with Crippen LogP contribution in [-0.4, -0.2) is 57.4 Å². The largest absolute Gasteiger partial charge is 0.504 e. The predicted octanol–water partition coefficient (Wildman–Crippen LogP) is 4.60. The maximum Gasteiger partial charge on any atom is 0.160 e. The van der Waals surface area contributed by atoms with E-state index in [0.29, 0.717) is 48.2 Å². The molecular formula is C33H46O7. The number of aromatic hydroxyl groups is 1. The van der Waals surface area contributed by atoms with Crippen molar-refractivity contribution in [3.8, 4) is 23.3 Å². The van der Waals surface area contributed by atoms with E-state index in [1.807, 2.05) is 0 Å². The Kier molecular flexibility index (Phi) is 10.3. The second-order valence-electron chi connectivity index (χ2n) is 12.4. The van der Waals surface area contributed by atoms with Gasteiger partial charge in [0.25, 0.3) is 0 Å². The molecule has 6 unspecified atom stereocenters. The Labute approximate surface area is 238 Å². The summed E-state index contributed by atoms with van der Waals surface area (Å²) in [6, 6.07) is 3.31. The van der Waals surface area contributed by atoms with E-state index >= 15 is 0 Å². The molecule has 0 bridgehead atoms. The number of benzene rings is 1. The Balaban J connectivity index is 1.47. The molecule has 3 aliphatic rings. The normalized spacial score (nSPS) is 29.0. The van der Waals surface area contributed by atoms with Gasteiger partial charge in [0.15, 0.2) is 17.3 Å². The lowest BCUT2D eigenvalue weighted by molar-refractivity contribution is -0.134. The highest BCUT2D eigenvalue weighted by Gasteiger charge is 2.47. The molecule has 0 aliphatic heterocycles. The first-order valence-corrected chi connectivity index (χ1v) is 15.1. The lowest BCUT2D eigenvalue weighted by Gasteiger charge is -2.40. The average molecular weight is 555 g/mol. The van der Waals surface area contributed by atoms with E-state index < -0.39 is 29.6 Å². The first-order valence-electron chi connectivity index (χ1n) is 15.1. The van der Waals surface area contributed by atoms with Crippen LogP contribution in [0.15, 0.2) is 12.1 Å². The molecule has 0 aromatic heterocycles. The Morgan fingerprint density at radius 3 is 2.38 bits per heavy atom. The fourth-order valence-corrected chi connectivity index (χ4v) is 6.91. The molecule has 2 saturated carbocycles. The number of Topliss-reactive ketones (excluding diaryl/α,β-unsaturated/α-hetero) is 2. The molecule has 4 rings (SSSR count). The number of aliphatic hydroxyl groups is 3. The Hall–Kier alpha value is -2.40. The second-order valence-corrected chi connectivity index (χ2v) is 12.4. The van der Waals surface area contributed by atoms with Crippen LogP contribution in [0.2, 0.25) is 0 Å². The Morgan fingerprint density at radius 1 is 1.02 bits per heavy atom. The zero-order valence-electron chi connectivity index (χ0n) is 24.0. The van der Waals surface area contributed by atoms with Gasteiger partial charge in [-0.3, -0.25) is 9.59 Å². The summed E-state index contributed by atoms with van der Waals surface area (Å²) in [7, 11) is 1.47. The van der Waals surface area contributed by atoms with Crippen LogP contribution in [0.4, 0.5) is 0 Å². The van der Waals surface area contributed by atoms with Crippen molar-refractivity contribution in [2.75, 3.05) is 7.11 Å². The monoisotopic (exact) mass is 554 g/mol. The highest BCUT2D eigenvalue weighted by atomic mass is 16.5. The van der Waals surface area contributed by atoms with Crippen LogP contribution in [-0.2, 0) is 16.0 Å². The summed E-state index contributed by atoms with van der Waals surface area (Å²) in [5, 5.41) is 42.4. The number of fused-ring (bicyclic) bond motifs is 1. The van der Waals surface area contributed by atoms with Gasteiger partial charge in [0.1, 0.15) is 11.2 Å². The third kappa shape index (κ3) is 7.08. The number of phenolic OH excluding ortho intramolecular Hbond substituents is 1. The van der Waals surface area contributed by atoms with Gasteiger partial charge in [-0.2, -0.15) is 0 Å². The molecule has 4 N–H and O–H groups in total. The lowest BCUT2D eigenvalue weighted by atomic mass is 9.64. The minimum Gasteiger partial charge on any atom is -0.504 e. The van der Waals surface area contributed by atoms with Crippen molar-refractivity contribution in [3.05, 3.63) is 23.3 Å². The predicted molar refractivity (Wildman–Crippen MR) is 152 cm³/mol. The third-order valence-corrected chi connectivity index (χ3v) is 9.65. The number of ketones is 2. The van der Waals surface area contributed by atoms with Gasteiger partial charge in [-0.15, -0.1) is 0 Å². The molecule has 3 aliphatic carbocycles. The first-order chi connectivity index (χ1) is 19.1. The minimum absolute atomic E-state index is 0.0441. The van der Waals surface area contributed by atoms with Crippen molar-refractivity contribution < 1.29 is 34.8 Å². The van der Waals surface area contributed by atoms with Gasteiger partial charge < -0.3 is 25.2 Å². The summed E-state index contributed by atoms with van der Waals surface area (Å²) < 4.78 is 5.30. The van der Waals surface area contributed by atoms with Crippen molar-refractivity contribution in [1.29, 1.82) is 0 Å². The Bertz CT molecular complexity index is 1110. The molecule has 7 nitrogen and oxygen atoms in total. The zero-order chi connectivity index (χ0) is 28.9. The van der Waals surface area contributed by atoms with Gasteiger partial charge in [-0.1, -0.05) is 37.5 Å². The summed E-state index contributed by atoms with van der Waals surface area (Å²) in [5.41, 5.74) is 0.372. The van der Waals surface area contributed by atoms with E-state index in [2.05, 4.69) is 11.8 Å². The third-order valence-electron chi connectivity index (χ3n) is 9.65. The van der Waals surface area contributed by atoms with Gasteiger partial charge in [-0.25, -0.2) is 0 Å². The average Bonchev–Trinajstić information content (AvgIpc) is 2.98. The molecule has 2 fully saturated rings. The number of hydrogen-bond acceptors (Lipinski definition) is 7. The van der Waals surface area contributed by atoms with Gasteiger partial charge in [0.05, 0.1) is 25.4 Å². The molecule has 6 atom stereocenters. The topological polar surface area (TPSA) is 124 Å². The van der Waals surface area contributed by atoms with Crippen molar-refractivity contribution in [2.45, 2.75) is 121 Å². The highest BCUT2D eigenvalue weighted by Crippen LogP contribution is 2.44. The van der Waals surface area contributed by atoms with Crippen LogP contribution in [0.1, 0.15) is 107 Å². The lowest BCUT2D eigenvalue weighted by Crippen LogP contribution is -2.46. The Morgan fingerprint density at radius 2 is 1.73 bits per heavy atom. The van der Waals surface area contributed by atoms with E-state index in [0.717, 1.165) is 63.4 Å². The summed E-state index contributed by atoms with van der Waals surface area (Å²) in [4.78, 5) is 25.2. The number of rotatable bonds is 9.